The summed E-state index contributed by atoms with van der Waals surface area (Å²) in [6, 6.07) is 17.7. The summed E-state index contributed by atoms with van der Waals surface area (Å²) in [4.78, 5) is 24.1. The monoisotopic (exact) mass is 393 g/mol. The highest BCUT2D eigenvalue weighted by atomic mass is 35.5. The van der Waals surface area contributed by atoms with Gasteiger partial charge in [0.2, 0.25) is 17.8 Å². The predicted molar refractivity (Wildman–Crippen MR) is 107 cm³/mol. The topological polar surface area (TPSA) is 82.4 Å². The van der Waals surface area contributed by atoms with Gasteiger partial charge >= 0.3 is 0 Å². The molecule has 1 fully saturated rings. The second-order valence-corrected chi connectivity index (χ2v) is 6.61. The number of amides is 1. The Morgan fingerprint density at radius 2 is 1.79 bits per heavy atom. The van der Waals surface area contributed by atoms with Crippen molar-refractivity contribution in [1.82, 2.24) is 9.97 Å². The Morgan fingerprint density at radius 3 is 2.50 bits per heavy atom. The van der Waals surface area contributed by atoms with Gasteiger partial charge in [-0.15, -0.1) is 0 Å². The molecule has 2 heterocycles. The average Bonchev–Trinajstić information content (AvgIpc) is 2.97. The van der Waals surface area contributed by atoms with Gasteiger partial charge in [-0.2, -0.15) is 4.98 Å². The molecule has 1 aliphatic heterocycles. The number of para-hydroxylation sites is 1. The number of hydrogen-bond acceptors (Lipinski definition) is 5. The van der Waals surface area contributed by atoms with Crippen molar-refractivity contribution in [3.8, 4) is 11.6 Å². The van der Waals surface area contributed by atoms with Crippen molar-refractivity contribution >= 4 is 35.1 Å². The molecule has 0 aliphatic carbocycles. The van der Waals surface area contributed by atoms with E-state index >= 15 is 0 Å². The SMILES string of the molecule is Cc1cc(Oc2ccccc2)nc(N2CC(=O)N(c3ccc(Cl)cc3)C2=N)n1. The van der Waals surface area contributed by atoms with Crippen molar-refractivity contribution in [2.75, 3.05) is 16.3 Å². The molecule has 0 unspecified atom stereocenters. The molecule has 3 aromatic rings. The first-order valence-electron chi connectivity index (χ1n) is 8.54. The van der Waals surface area contributed by atoms with Crippen LogP contribution >= 0.6 is 11.6 Å². The molecule has 8 heteroatoms. The molecule has 0 spiro atoms. The van der Waals surface area contributed by atoms with Gasteiger partial charge in [0, 0.05) is 16.8 Å². The average molecular weight is 394 g/mol. The molecule has 28 heavy (non-hydrogen) atoms. The summed E-state index contributed by atoms with van der Waals surface area (Å²) < 4.78 is 5.78. The van der Waals surface area contributed by atoms with Crippen LogP contribution in [-0.4, -0.2) is 28.4 Å². The minimum atomic E-state index is -0.247. The number of halogens is 1. The zero-order valence-electron chi connectivity index (χ0n) is 15.0. The van der Waals surface area contributed by atoms with Gasteiger partial charge in [0.05, 0.1) is 5.69 Å². The highest BCUT2D eigenvalue weighted by Crippen LogP contribution is 2.27. The molecule has 2 aromatic carbocycles. The minimum absolute atomic E-state index is 0.0245. The van der Waals surface area contributed by atoms with Crippen molar-refractivity contribution in [1.29, 1.82) is 5.41 Å². The van der Waals surface area contributed by atoms with Crippen molar-refractivity contribution in [3.05, 3.63) is 71.4 Å². The Kier molecular flexibility index (Phi) is 4.67. The normalized spacial score (nSPS) is 13.9. The van der Waals surface area contributed by atoms with E-state index in [1.807, 2.05) is 37.3 Å². The molecule has 140 valence electrons. The summed E-state index contributed by atoms with van der Waals surface area (Å²) in [5.41, 5.74) is 1.23. The third kappa shape index (κ3) is 3.52. The van der Waals surface area contributed by atoms with Gasteiger partial charge in [0.25, 0.3) is 5.91 Å². The standard InChI is InChI=1S/C20H16ClN5O2/c1-13-11-17(28-16-5-3-2-4-6-16)24-20(23-13)25-12-18(27)26(19(25)22)15-9-7-14(21)8-10-15/h2-11,22H,12H2,1H3. The number of aryl methyl sites for hydroxylation is 1. The molecular formula is C20H16ClN5O2. The first-order chi connectivity index (χ1) is 13.5. The number of nitrogens with one attached hydrogen (secondary N) is 1. The van der Waals surface area contributed by atoms with Gasteiger partial charge < -0.3 is 4.74 Å². The van der Waals surface area contributed by atoms with Gasteiger partial charge in [-0.05, 0) is 43.3 Å². The zero-order valence-corrected chi connectivity index (χ0v) is 15.7. The van der Waals surface area contributed by atoms with Crippen LogP contribution in [-0.2, 0) is 4.79 Å². The van der Waals surface area contributed by atoms with E-state index in [1.165, 1.54) is 9.80 Å². The number of rotatable bonds is 4. The first kappa shape index (κ1) is 17.9. The zero-order chi connectivity index (χ0) is 19.7. The third-order valence-corrected chi connectivity index (χ3v) is 4.37. The van der Waals surface area contributed by atoms with Crippen LogP contribution in [0.2, 0.25) is 5.02 Å². The van der Waals surface area contributed by atoms with Crippen molar-refractivity contribution in [3.63, 3.8) is 0 Å². The molecule has 0 atom stereocenters. The van der Waals surface area contributed by atoms with E-state index < -0.39 is 0 Å². The van der Waals surface area contributed by atoms with E-state index in [0.717, 1.165) is 0 Å². The van der Waals surface area contributed by atoms with Crippen LogP contribution in [0.15, 0.2) is 60.7 Å². The molecule has 1 N–H and O–H groups in total. The number of ether oxygens (including phenoxy) is 1. The lowest BCUT2D eigenvalue weighted by molar-refractivity contribution is -0.115. The van der Waals surface area contributed by atoms with Crippen LogP contribution in [0.4, 0.5) is 11.6 Å². The van der Waals surface area contributed by atoms with Gasteiger partial charge in [0.15, 0.2) is 0 Å². The van der Waals surface area contributed by atoms with E-state index in [0.29, 0.717) is 28.0 Å². The van der Waals surface area contributed by atoms with Crippen LogP contribution in [0.5, 0.6) is 11.6 Å². The molecule has 1 saturated heterocycles. The number of hydrogen-bond donors (Lipinski definition) is 1. The largest absolute Gasteiger partial charge is 0.439 e. The molecule has 0 saturated carbocycles. The number of benzene rings is 2. The van der Waals surface area contributed by atoms with E-state index in [9.17, 15) is 4.79 Å². The summed E-state index contributed by atoms with van der Waals surface area (Å²) in [6.07, 6.45) is 0. The van der Waals surface area contributed by atoms with Crippen LogP contribution in [0, 0.1) is 12.3 Å². The maximum Gasteiger partial charge on any atom is 0.254 e. The van der Waals surface area contributed by atoms with Gasteiger partial charge in [-0.3, -0.25) is 15.1 Å². The van der Waals surface area contributed by atoms with Crippen LogP contribution < -0.4 is 14.5 Å². The number of nitrogens with zero attached hydrogens (tertiary/aromatic N) is 4. The van der Waals surface area contributed by atoms with Crippen molar-refractivity contribution < 1.29 is 9.53 Å². The highest BCUT2D eigenvalue weighted by molar-refractivity contribution is 6.31. The van der Waals surface area contributed by atoms with E-state index in [2.05, 4.69) is 9.97 Å². The highest BCUT2D eigenvalue weighted by Gasteiger charge is 2.36. The predicted octanol–water partition coefficient (Wildman–Crippen LogP) is 4.02. The lowest BCUT2D eigenvalue weighted by Gasteiger charge is -2.19. The number of carbonyl (C=O) groups excluding carboxylic acids is 1. The Labute approximate surface area is 166 Å². The summed E-state index contributed by atoms with van der Waals surface area (Å²) in [7, 11) is 0. The molecule has 1 aliphatic rings. The van der Waals surface area contributed by atoms with E-state index in [4.69, 9.17) is 21.7 Å². The van der Waals surface area contributed by atoms with Crippen LogP contribution in [0.1, 0.15) is 5.69 Å². The Hall–Kier alpha value is -3.45. The van der Waals surface area contributed by atoms with Gasteiger partial charge in [-0.25, -0.2) is 9.88 Å². The van der Waals surface area contributed by atoms with Gasteiger partial charge in [-0.1, -0.05) is 29.8 Å². The van der Waals surface area contributed by atoms with Crippen LogP contribution in [0.25, 0.3) is 0 Å². The summed E-state index contributed by atoms with van der Waals surface area (Å²) in [5.74, 6) is 0.952. The van der Waals surface area contributed by atoms with Gasteiger partial charge in [0.1, 0.15) is 12.3 Å². The number of carbonyl (C=O) groups is 1. The Morgan fingerprint density at radius 1 is 1.07 bits per heavy atom. The van der Waals surface area contributed by atoms with Crippen molar-refractivity contribution in [2.45, 2.75) is 6.92 Å². The number of aromatic nitrogens is 2. The first-order valence-corrected chi connectivity index (χ1v) is 8.92. The second kappa shape index (κ2) is 7.28. The van der Waals surface area contributed by atoms with Crippen molar-refractivity contribution in [2.24, 2.45) is 0 Å². The summed E-state index contributed by atoms with van der Waals surface area (Å²) >= 11 is 5.92. The summed E-state index contributed by atoms with van der Waals surface area (Å²) in [5, 5.41) is 9.02. The molecule has 4 rings (SSSR count). The maximum atomic E-state index is 12.5. The molecular weight excluding hydrogens is 378 g/mol. The lowest BCUT2D eigenvalue weighted by Crippen LogP contribution is -2.34. The fourth-order valence-electron chi connectivity index (χ4n) is 2.85. The molecule has 0 bridgehead atoms. The Bertz CT molecular complexity index is 1040. The smallest absolute Gasteiger partial charge is 0.254 e. The fraction of sp³-hybridized carbons (Fsp3) is 0.100. The molecule has 7 nitrogen and oxygen atoms in total. The number of guanidine groups is 1. The second-order valence-electron chi connectivity index (χ2n) is 6.18. The third-order valence-electron chi connectivity index (χ3n) is 4.12. The molecule has 1 aromatic heterocycles. The minimum Gasteiger partial charge on any atom is -0.439 e. The maximum absolute atomic E-state index is 12.5. The summed E-state index contributed by atoms with van der Waals surface area (Å²) in [6.45, 7) is 1.77. The quantitative estimate of drug-likeness (QED) is 0.723. The number of anilines is 2. The lowest BCUT2D eigenvalue weighted by atomic mass is 10.3. The van der Waals surface area contributed by atoms with E-state index in [1.54, 1.807) is 30.3 Å². The molecule has 1 amide bonds. The molecule has 0 radical (unpaired) electrons. The van der Waals surface area contributed by atoms with Crippen LogP contribution in [0.3, 0.4) is 0 Å². The fourth-order valence-corrected chi connectivity index (χ4v) is 2.97. The van der Waals surface area contributed by atoms with E-state index in [-0.39, 0.29) is 24.4 Å². The Balaban J connectivity index is 1.63.